The maximum Gasteiger partial charge on any atom is 0.161 e. The van der Waals surface area contributed by atoms with Gasteiger partial charge in [0.1, 0.15) is 12.7 Å². The van der Waals surface area contributed by atoms with Crippen molar-refractivity contribution in [3.8, 4) is 11.5 Å². The van der Waals surface area contributed by atoms with E-state index in [0.29, 0.717) is 6.61 Å². The minimum absolute atomic E-state index is 0.0363. The molecule has 1 aromatic carbocycles. The number of nitrogens with one attached hydrogen (secondary N) is 1. The Balaban J connectivity index is 1.55. The number of ether oxygens (including phenoxy) is 2. The van der Waals surface area contributed by atoms with Gasteiger partial charge in [-0.05, 0) is 36.8 Å². The maximum atomic E-state index is 5.92. The summed E-state index contributed by atoms with van der Waals surface area (Å²) >= 11 is 0. The normalized spacial score (nSPS) is 18.6. The van der Waals surface area contributed by atoms with Gasteiger partial charge in [0.25, 0.3) is 0 Å². The van der Waals surface area contributed by atoms with Crippen molar-refractivity contribution in [3.63, 3.8) is 0 Å². The van der Waals surface area contributed by atoms with Crippen LogP contribution in [0.25, 0.3) is 0 Å². The molecular weight excluding hydrogens is 252 g/mol. The Morgan fingerprint density at radius 1 is 1.20 bits per heavy atom. The molecule has 3 rings (SSSR count). The molecule has 0 spiro atoms. The number of hydrogen-bond donors (Lipinski definition) is 1. The summed E-state index contributed by atoms with van der Waals surface area (Å²) in [6.45, 7) is 3.46. The second-order valence-corrected chi connectivity index (χ2v) is 4.91. The first kappa shape index (κ1) is 12.9. The minimum Gasteiger partial charge on any atom is -0.486 e. The molecule has 0 aliphatic carbocycles. The SMILES string of the molecule is C[C@H](NC[C@H]1COc2ccccc2O1)c1ccncc1. The Hall–Kier alpha value is -2.07. The van der Waals surface area contributed by atoms with Crippen molar-refractivity contribution < 1.29 is 9.47 Å². The lowest BCUT2D eigenvalue weighted by Gasteiger charge is -2.27. The third kappa shape index (κ3) is 2.91. The van der Waals surface area contributed by atoms with Crippen LogP contribution < -0.4 is 14.8 Å². The number of benzene rings is 1. The highest BCUT2D eigenvalue weighted by atomic mass is 16.6. The Morgan fingerprint density at radius 3 is 2.75 bits per heavy atom. The topological polar surface area (TPSA) is 43.4 Å². The molecule has 4 nitrogen and oxygen atoms in total. The van der Waals surface area contributed by atoms with Crippen molar-refractivity contribution in [3.05, 3.63) is 54.4 Å². The van der Waals surface area contributed by atoms with Gasteiger partial charge in [-0.1, -0.05) is 12.1 Å². The number of para-hydroxylation sites is 2. The van der Waals surface area contributed by atoms with E-state index in [1.165, 1.54) is 5.56 Å². The van der Waals surface area contributed by atoms with E-state index in [1.54, 1.807) is 0 Å². The summed E-state index contributed by atoms with van der Waals surface area (Å²) in [5.41, 5.74) is 1.22. The number of pyridine rings is 1. The van der Waals surface area contributed by atoms with E-state index in [1.807, 2.05) is 48.8 Å². The van der Waals surface area contributed by atoms with Gasteiger partial charge in [-0.3, -0.25) is 4.98 Å². The van der Waals surface area contributed by atoms with Gasteiger partial charge < -0.3 is 14.8 Å². The zero-order chi connectivity index (χ0) is 13.8. The number of aromatic nitrogens is 1. The maximum absolute atomic E-state index is 5.92. The number of rotatable bonds is 4. The van der Waals surface area contributed by atoms with Gasteiger partial charge in [0.15, 0.2) is 11.5 Å². The number of hydrogen-bond acceptors (Lipinski definition) is 4. The molecule has 0 unspecified atom stereocenters. The lowest BCUT2D eigenvalue weighted by Crippen LogP contribution is -2.39. The van der Waals surface area contributed by atoms with Crippen molar-refractivity contribution in [2.45, 2.75) is 19.1 Å². The number of nitrogens with zero attached hydrogens (tertiary/aromatic N) is 1. The molecule has 2 aromatic rings. The fourth-order valence-corrected chi connectivity index (χ4v) is 2.24. The Bertz CT molecular complexity index is 559. The van der Waals surface area contributed by atoms with E-state index in [-0.39, 0.29) is 12.1 Å². The smallest absolute Gasteiger partial charge is 0.161 e. The molecule has 2 atom stereocenters. The molecule has 0 amide bonds. The zero-order valence-electron chi connectivity index (χ0n) is 11.5. The average molecular weight is 270 g/mol. The van der Waals surface area contributed by atoms with Crippen LogP contribution in [0, 0.1) is 0 Å². The molecule has 1 N–H and O–H groups in total. The molecule has 4 heteroatoms. The highest BCUT2D eigenvalue weighted by Gasteiger charge is 2.20. The zero-order valence-corrected chi connectivity index (χ0v) is 11.5. The van der Waals surface area contributed by atoms with Gasteiger partial charge in [-0.15, -0.1) is 0 Å². The summed E-state index contributed by atoms with van der Waals surface area (Å²) in [6, 6.07) is 12.1. The third-order valence-electron chi connectivity index (χ3n) is 3.43. The van der Waals surface area contributed by atoms with E-state index >= 15 is 0 Å². The van der Waals surface area contributed by atoms with Crippen molar-refractivity contribution in [1.82, 2.24) is 10.3 Å². The summed E-state index contributed by atoms with van der Waals surface area (Å²) < 4.78 is 11.6. The monoisotopic (exact) mass is 270 g/mol. The lowest BCUT2D eigenvalue weighted by atomic mass is 10.1. The van der Waals surface area contributed by atoms with Crippen LogP contribution >= 0.6 is 0 Å². The van der Waals surface area contributed by atoms with Crippen molar-refractivity contribution >= 4 is 0 Å². The van der Waals surface area contributed by atoms with Gasteiger partial charge in [0.2, 0.25) is 0 Å². The van der Waals surface area contributed by atoms with Crippen LogP contribution in [0.15, 0.2) is 48.8 Å². The molecule has 0 saturated heterocycles. The molecule has 1 aliphatic heterocycles. The summed E-state index contributed by atoms with van der Waals surface area (Å²) in [7, 11) is 0. The third-order valence-corrected chi connectivity index (χ3v) is 3.43. The van der Waals surface area contributed by atoms with Crippen LogP contribution in [-0.4, -0.2) is 24.2 Å². The summed E-state index contributed by atoms with van der Waals surface area (Å²) in [4.78, 5) is 4.03. The summed E-state index contributed by atoms with van der Waals surface area (Å²) in [6.07, 6.45) is 3.66. The molecular formula is C16H18N2O2. The Labute approximate surface area is 118 Å². The molecule has 0 bridgehead atoms. The van der Waals surface area contributed by atoms with E-state index in [2.05, 4.69) is 17.2 Å². The van der Waals surface area contributed by atoms with Crippen LogP contribution in [0.2, 0.25) is 0 Å². The molecule has 1 aromatic heterocycles. The predicted molar refractivity (Wildman–Crippen MR) is 77.0 cm³/mol. The van der Waals surface area contributed by atoms with Gasteiger partial charge in [-0.25, -0.2) is 0 Å². The molecule has 0 radical (unpaired) electrons. The fraction of sp³-hybridized carbons (Fsp3) is 0.312. The van der Waals surface area contributed by atoms with E-state index in [4.69, 9.17) is 9.47 Å². The van der Waals surface area contributed by atoms with E-state index in [9.17, 15) is 0 Å². The van der Waals surface area contributed by atoms with Crippen LogP contribution in [0.3, 0.4) is 0 Å². The standard InChI is InChI=1S/C16H18N2O2/c1-12(13-6-8-17-9-7-13)18-10-14-11-19-15-4-2-3-5-16(15)20-14/h2-9,12,14,18H,10-11H2,1H3/t12-,14-/m0/s1. The Kier molecular flexibility index (Phi) is 3.83. The molecule has 104 valence electrons. The number of fused-ring (bicyclic) bond motifs is 1. The molecule has 1 aliphatic rings. The molecule has 0 fully saturated rings. The van der Waals surface area contributed by atoms with Crippen LogP contribution in [0.1, 0.15) is 18.5 Å². The molecule has 20 heavy (non-hydrogen) atoms. The first-order valence-electron chi connectivity index (χ1n) is 6.85. The van der Waals surface area contributed by atoms with Gasteiger partial charge in [0.05, 0.1) is 0 Å². The largest absolute Gasteiger partial charge is 0.486 e. The van der Waals surface area contributed by atoms with Crippen molar-refractivity contribution in [2.24, 2.45) is 0 Å². The van der Waals surface area contributed by atoms with Crippen molar-refractivity contribution in [1.29, 1.82) is 0 Å². The summed E-state index contributed by atoms with van der Waals surface area (Å²) in [5.74, 6) is 1.65. The van der Waals surface area contributed by atoms with Gasteiger partial charge in [0, 0.05) is 25.0 Å². The summed E-state index contributed by atoms with van der Waals surface area (Å²) in [5, 5.41) is 3.47. The first-order chi connectivity index (χ1) is 9.83. The van der Waals surface area contributed by atoms with E-state index < -0.39 is 0 Å². The van der Waals surface area contributed by atoms with Crippen LogP contribution in [0.5, 0.6) is 11.5 Å². The molecule has 2 heterocycles. The quantitative estimate of drug-likeness (QED) is 0.927. The highest BCUT2D eigenvalue weighted by Crippen LogP contribution is 2.30. The highest BCUT2D eigenvalue weighted by molar-refractivity contribution is 5.40. The first-order valence-corrected chi connectivity index (χ1v) is 6.85. The van der Waals surface area contributed by atoms with Gasteiger partial charge in [-0.2, -0.15) is 0 Å². The Morgan fingerprint density at radius 2 is 1.95 bits per heavy atom. The fourth-order valence-electron chi connectivity index (χ4n) is 2.24. The van der Waals surface area contributed by atoms with Gasteiger partial charge >= 0.3 is 0 Å². The molecule has 0 saturated carbocycles. The van der Waals surface area contributed by atoms with Crippen LogP contribution in [0.4, 0.5) is 0 Å². The second kappa shape index (κ2) is 5.92. The van der Waals surface area contributed by atoms with E-state index in [0.717, 1.165) is 18.0 Å². The average Bonchev–Trinajstić information content (AvgIpc) is 2.53. The second-order valence-electron chi connectivity index (χ2n) is 4.91. The van der Waals surface area contributed by atoms with Crippen LogP contribution in [-0.2, 0) is 0 Å². The lowest BCUT2D eigenvalue weighted by molar-refractivity contribution is 0.0886. The minimum atomic E-state index is 0.0363. The predicted octanol–water partition coefficient (Wildman–Crippen LogP) is 2.57. The van der Waals surface area contributed by atoms with Crippen molar-refractivity contribution in [2.75, 3.05) is 13.2 Å².